The molecule has 2 atom stereocenters. The van der Waals surface area contributed by atoms with Crippen LogP contribution in [-0.4, -0.2) is 30.1 Å². The van der Waals surface area contributed by atoms with E-state index in [4.69, 9.17) is 14.6 Å². The van der Waals surface area contributed by atoms with Gasteiger partial charge in [-0.3, -0.25) is 4.79 Å². The summed E-state index contributed by atoms with van der Waals surface area (Å²) >= 11 is 0. The molecule has 1 rings (SSSR count). The van der Waals surface area contributed by atoms with E-state index in [9.17, 15) is 4.79 Å². The van der Waals surface area contributed by atoms with Gasteiger partial charge in [-0.15, -0.1) is 0 Å². The molecule has 4 nitrogen and oxygen atoms in total. The van der Waals surface area contributed by atoms with E-state index in [1.54, 1.807) is 0 Å². The monoisotopic (exact) mass is 174 g/mol. The van der Waals surface area contributed by atoms with Crippen LogP contribution in [0.4, 0.5) is 0 Å². The van der Waals surface area contributed by atoms with Crippen molar-refractivity contribution in [3.05, 3.63) is 0 Å². The van der Waals surface area contributed by atoms with Gasteiger partial charge in [-0.05, 0) is 0 Å². The van der Waals surface area contributed by atoms with Crippen LogP contribution < -0.4 is 0 Å². The second kappa shape index (κ2) is 3.87. The van der Waals surface area contributed by atoms with Crippen LogP contribution in [0.25, 0.3) is 0 Å². The fraction of sp³-hybridized carbons (Fsp3) is 0.875. The Morgan fingerprint density at radius 1 is 1.67 bits per heavy atom. The van der Waals surface area contributed by atoms with E-state index in [1.165, 1.54) is 0 Å². The molecular weight excluding hydrogens is 160 g/mol. The van der Waals surface area contributed by atoms with Crippen LogP contribution in [-0.2, 0) is 14.3 Å². The van der Waals surface area contributed by atoms with Gasteiger partial charge in [0.25, 0.3) is 0 Å². The molecule has 0 aliphatic carbocycles. The third-order valence-electron chi connectivity index (χ3n) is 1.72. The van der Waals surface area contributed by atoms with Gasteiger partial charge < -0.3 is 14.6 Å². The highest BCUT2D eigenvalue weighted by molar-refractivity contribution is 5.67. The summed E-state index contributed by atoms with van der Waals surface area (Å²) in [4.78, 5) is 10.3. The van der Waals surface area contributed by atoms with E-state index in [0.29, 0.717) is 6.61 Å². The third-order valence-corrected chi connectivity index (χ3v) is 1.72. The van der Waals surface area contributed by atoms with Crippen molar-refractivity contribution in [2.24, 2.45) is 5.92 Å². The average molecular weight is 174 g/mol. The normalized spacial score (nSPS) is 29.6. The molecule has 0 amide bonds. The van der Waals surface area contributed by atoms with Crippen molar-refractivity contribution in [1.29, 1.82) is 0 Å². The Bertz CT molecular complexity index is 166. The molecule has 70 valence electrons. The lowest BCUT2D eigenvalue weighted by Gasteiger charge is -2.13. The maximum absolute atomic E-state index is 10.3. The van der Waals surface area contributed by atoms with Crippen molar-refractivity contribution in [2.45, 2.75) is 32.7 Å². The SMILES string of the molecule is CC(C)C1OCC(CC(=O)O)O1. The standard InChI is InChI=1S/C8H14O4/c1-5(2)8-11-4-6(12-8)3-7(9)10/h5-6,8H,3-4H2,1-2H3,(H,9,10). The predicted molar refractivity (Wildman–Crippen MR) is 41.7 cm³/mol. The molecule has 1 N–H and O–H groups in total. The van der Waals surface area contributed by atoms with Crippen molar-refractivity contribution >= 4 is 5.97 Å². The molecule has 1 saturated heterocycles. The lowest BCUT2D eigenvalue weighted by Crippen LogP contribution is -2.19. The Labute approximate surface area is 71.5 Å². The number of carbonyl (C=O) groups is 1. The first-order chi connectivity index (χ1) is 5.59. The molecule has 0 aromatic rings. The van der Waals surface area contributed by atoms with E-state index in [-0.39, 0.29) is 24.7 Å². The number of carboxylic acids is 1. The lowest BCUT2D eigenvalue weighted by molar-refractivity contribution is -0.141. The third kappa shape index (κ3) is 2.46. The van der Waals surface area contributed by atoms with Crippen LogP contribution in [0.3, 0.4) is 0 Å². The minimum Gasteiger partial charge on any atom is -0.481 e. The maximum atomic E-state index is 10.3. The molecule has 1 aliphatic heterocycles. The van der Waals surface area contributed by atoms with Crippen LogP contribution >= 0.6 is 0 Å². The minimum absolute atomic E-state index is 0.0310. The summed E-state index contributed by atoms with van der Waals surface area (Å²) in [6, 6.07) is 0. The Balaban J connectivity index is 2.30. The first-order valence-corrected chi connectivity index (χ1v) is 4.08. The van der Waals surface area contributed by atoms with E-state index >= 15 is 0 Å². The minimum atomic E-state index is -0.840. The van der Waals surface area contributed by atoms with Gasteiger partial charge in [0.2, 0.25) is 0 Å². The van der Waals surface area contributed by atoms with E-state index in [1.807, 2.05) is 13.8 Å². The summed E-state index contributed by atoms with van der Waals surface area (Å²) in [6.07, 6.45) is -0.465. The second-order valence-corrected chi connectivity index (χ2v) is 3.30. The maximum Gasteiger partial charge on any atom is 0.306 e. The molecule has 0 aromatic carbocycles. The van der Waals surface area contributed by atoms with Crippen LogP contribution in [0.5, 0.6) is 0 Å². The van der Waals surface area contributed by atoms with Gasteiger partial charge in [0.15, 0.2) is 6.29 Å². The van der Waals surface area contributed by atoms with Crippen molar-refractivity contribution in [3.8, 4) is 0 Å². The van der Waals surface area contributed by atoms with Crippen molar-refractivity contribution in [2.75, 3.05) is 6.61 Å². The van der Waals surface area contributed by atoms with Crippen LogP contribution in [0.2, 0.25) is 0 Å². The number of ether oxygens (including phenoxy) is 2. The zero-order valence-corrected chi connectivity index (χ0v) is 7.32. The topological polar surface area (TPSA) is 55.8 Å². The Morgan fingerprint density at radius 3 is 2.75 bits per heavy atom. The molecule has 0 saturated carbocycles. The molecule has 0 spiro atoms. The summed E-state index contributed by atoms with van der Waals surface area (Å²) in [6.45, 7) is 4.36. The summed E-state index contributed by atoms with van der Waals surface area (Å²) in [5.74, 6) is -0.559. The summed E-state index contributed by atoms with van der Waals surface area (Å²) < 4.78 is 10.6. The second-order valence-electron chi connectivity index (χ2n) is 3.30. The van der Waals surface area contributed by atoms with Gasteiger partial charge in [0.1, 0.15) is 0 Å². The number of carboxylic acid groups (broad SMARTS) is 1. The fourth-order valence-electron chi connectivity index (χ4n) is 1.12. The van der Waals surface area contributed by atoms with Gasteiger partial charge in [0, 0.05) is 5.92 Å². The van der Waals surface area contributed by atoms with Crippen molar-refractivity contribution < 1.29 is 19.4 Å². The Kier molecular flexibility index (Phi) is 3.05. The van der Waals surface area contributed by atoms with E-state index in [0.717, 1.165) is 0 Å². The average Bonchev–Trinajstić information content (AvgIpc) is 2.34. The largest absolute Gasteiger partial charge is 0.481 e. The highest BCUT2D eigenvalue weighted by Crippen LogP contribution is 2.20. The Morgan fingerprint density at radius 2 is 2.33 bits per heavy atom. The van der Waals surface area contributed by atoms with Crippen molar-refractivity contribution in [1.82, 2.24) is 0 Å². The molecule has 0 bridgehead atoms. The zero-order chi connectivity index (χ0) is 9.14. The number of aliphatic carboxylic acids is 1. The number of hydrogen-bond acceptors (Lipinski definition) is 3. The van der Waals surface area contributed by atoms with Crippen LogP contribution in [0.1, 0.15) is 20.3 Å². The van der Waals surface area contributed by atoms with Gasteiger partial charge >= 0.3 is 5.97 Å². The first-order valence-electron chi connectivity index (χ1n) is 4.08. The molecule has 1 fully saturated rings. The fourth-order valence-corrected chi connectivity index (χ4v) is 1.12. The molecule has 2 unspecified atom stereocenters. The molecule has 12 heavy (non-hydrogen) atoms. The molecule has 1 heterocycles. The Hall–Kier alpha value is -0.610. The molecule has 4 heteroatoms. The summed E-state index contributed by atoms with van der Waals surface area (Å²) in [5.41, 5.74) is 0. The first kappa shape index (κ1) is 9.48. The van der Waals surface area contributed by atoms with Crippen molar-refractivity contribution in [3.63, 3.8) is 0 Å². The number of rotatable bonds is 3. The highest BCUT2D eigenvalue weighted by Gasteiger charge is 2.29. The van der Waals surface area contributed by atoms with Gasteiger partial charge in [0.05, 0.1) is 19.1 Å². The number of hydrogen-bond donors (Lipinski definition) is 1. The van der Waals surface area contributed by atoms with Gasteiger partial charge in [-0.1, -0.05) is 13.8 Å². The summed E-state index contributed by atoms with van der Waals surface area (Å²) in [7, 11) is 0. The predicted octanol–water partition coefficient (Wildman–Crippen LogP) is 0.859. The lowest BCUT2D eigenvalue weighted by atomic mass is 10.2. The van der Waals surface area contributed by atoms with Crippen LogP contribution in [0.15, 0.2) is 0 Å². The van der Waals surface area contributed by atoms with Gasteiger partial charge in [-0.2, -0.15) is 0 Å². The molecule has 0 aromatic heterocycles. The van der Waals surface area contributed by atoms with Crippen LogP contribution in [0, 0.1) is 5.92 Å². The molecule has 0 radical (unpaired) electrons. The molecular formula is C8H14O4. The smallest absolute Gasteiger partial charge is 0.306 e. The van der Waals surface area contributed by atoms with E-state index in [2.05, 4.69) is 0 Å². The highest BCUT2D eigenvalue weighted by atomic mass is 16.7. The van der Waals surface area contributed by atoms with E-state index < -0.39 is 5.97 Å². The summed E-state index contributed by atoms with van der Waals surface area (Å²) in [5, 5.41) is 8.46. The quantitative estimate of drug-likeness (QED) is 0.689. The molecule has 1 aliphatic rings. The zero-order valence-electron chi connectivity index (χ0n) is 7.32. The van der Waals surface area contributed by atoms with Gasteiger partial charge in [-0.25, -0.2) is 0 Å².